The first kappa shape index (κ1) is 27.0. The van der Waals surface area contributed by atoms with Gasteiger partial charge >= 0.3 is 11.9 Å². The van der Waals surface area contributed by atoms with Crippen LogP contribution in [-0.4, -0.2) is 24.1 Å². The molecular weight excluding hydrogens is 436 g/mol. The van der Waals surface area contributed by atoms with Gasteiger partial charge in [0.15, 0.2) is 0 Å². The molecular formula is C31H52O4. The van der Waals surface area contributed by atoms with E-state index in [0.717, 1.165) is 48.9 Å². The van der Waals surface area contributed by atoms with Crippen molar-refractivity contribution in [2.45, 2.75) is 131 Å². The van der Waals surface area contributed by atoms with Gasteiger partial charge in [-0.15, -0.1) is 0 Å². The highest BCUT2D eigenvalue weighted by atomic mass is 16.6. The zero-order valence-electron chi connectivity index (χ0n) is 23.6. The van der Waals surface area contributed by atoms with Gasteiger partial charge in [-0.05, 0) is 97.7 Å². The van der Waals surface area contributed by atoms with Crippen molar-refractivity contribution in [1.29, 1.82) is 0 Å². The van der Waals surface area contributed by atoms with E-state index < -0.39 is 0 Å². The fourth-order valence-corrected chi connectivity index (χ4v) is 9.99. The van der Waals surface area contributed by atoms with Crippen molar-refractivity contribution in [2.75, 3.05) is 0 Å². The number of hydrogen-bond acceptors (Lipinski definition) is 4. The van der Waals surface area contributed by atoms with Crippen LogP contribution in [0.3, 0.4) is 0 Å². The molecule has 0 bridgehead atoms. The molecule has 0 aromatic heterocycles. The highest BCUT2D eigenvalue weighted by Crippen LogP contribution is 2.68. The van der Waals surface area contributed by atoms with E-state index >= 15 is 0 Å². The average Bonchev–Trinajstić information content (AvgIpc) is 3.12. The van der Waals surface area contributed by atoms with Crippen LogP contribution in [0, 0.1) is 52.3 Å². The zero-order valence-corrected chi connectivity index (χ0v) is 23.6. The Kier molecular flexibility index (Phi) is 7.99. The molecule has 0 unspecified atom stereocenters. The van der Waals surface area contributed by atoms with Gasteiger partial charge in [0.05, 0.1) is 0 Å². The second-order valence-electron chi connectivity index (χ2n) is 13.9. The van der Waals surface area contributed by atoms with Gasteiger partial charge in [0.25, 0.3) is 0 Å². The highest BCUT2D eigenvalue weighted by molar-refractivity contribution is 5.67. The van der Waals surface area contributed by atoms with E-state index in [0.29, 0.717) is 17.3 Å². The minimum atomic E-state index is -0.290. The lowest BCUT2D eigenvalue weighted by Gasteiger charge is -2.62. The largest absolute Gasteiger partial charge is 0.459 e. The molecule has 4 heteroatoms. The van der Waals surface area contributed by atoms with Gasteiger partial charge < -0.3 is 9.47 Å². The van der Waals surface area contributed by atoms with Gasteiger partial charge in [-0.3, -0.25) is 9.59 Å². The quantitative estimate of drug-likeness (QED) is 0.347. The summed E-state index contributed by atoms with van der Waals surface area (Å²) in [4.78, 5) is 23.8. The lowest BCUT2D eigenvalue weighted by atomic mass is 9.44. The molecule has 4 fully saturated rings. The minimum absolute atomic E-state index is 0.169. The van der Waals surface area contributed by atoms with E-state index in [1.54, 1.807) is 0 Å². The summed E-state index contributed by atoms with van der Waals surface area (Å²) in [6.07, 6.45) is 13.2. The number of hydrogen-bond donors (Lipinski definition) is 0. The molecule has 4 saturated carbocycles. The molecule has 0 aromatic rings. The van der Waals surface area contributed by atoms with Crippen LogP contribution < -0.4 is 0 Å². The summed E-state index contributed by atoms with van der Waals surface area (Å²) < 4.78 is 11.6. The maximum atomic E-state index is 12.0. The van der Waals surface area contributed by atoms with E-state index in [2.05, 4.69) is 34.6 Å². The van der Waals surface area contributed by atoms with Crippen molar-refractivity contribution in [3.8, 4) is 0 Å². The normalized spacial score (nSPS) is 43.6. The lowest BCUT2D eigenvalue weighted by molar-refractivity contribution is -0.205. The standard InChI is InChI=1S/C31H52O4/c1-19(2)9-8-10-20(3)24-13-14-25-23-11-12-27-29(35-22(5)33)28(34-21(4)32)16-18-31(27,7)26(23)15-17-30(24,25)6/h19-20,23-29H,8-18H2,1-7H3/t20-,23+,24-,25-,26-,27+,28-,29-,30+,31-/m1/s1. The molecule has 0 spiro atoms. The van der Waals surface area contributed by atoms with Crippen LogP contribution >= 0.6 is 0 Å². The Bertz CT molecular complexity index is 776. The number of carbonyl (C=O) groups excluding carboxylic acids is 2. The smallest absolute Gasteiger partial charge is 0.303 e. The van der Waals surface area contributed by atoms with Crippen LogP contribution in [0.1, 0.15) is 119 Å². The Balaban J connectivity index is 1.50. The molecule has 4 aliphatic rings. The molecule has 0 aromatic carbocycles. The van der Waals surface area contributed by atoms with Crippen LogP contribution in [0.5, 0.6) is 0 Å². The van der Waals surface area contributed by atoms with Gasteiger partial charge in [0, 0.05) is 19.8 Å². The third-order valence-corrected chi connectivity index (χ3v) is 11.5. The Labute approximate surface area is 214 Å². The molecule has 0 heterocycles. The second kappa shape index (κ2) is 10.4. The van der Waals surface area contributed by atoms with Crippen molar-refractivity contribution < 1.29 is 19.1 Å². The summed E-state index contributed by atoms with van der Waals surface area (Å²) >= 11 is 0. The van der Waals surface area contributed by atoms with Gasteiger partial charge in [-0.1, -0.05) is 53.9 Å². The number of rotatable bonds is 7. The van der Waals surface area contributed by atoms with E-state index in [1.165, 1.54) is 65.2 Å². The molecule has 10 atom stereocenters. The Morgan fingerprint density at radius 2 is 1.40 bits per heavy atom. The lowest BCUT2D eigenvalue weighted by Crippen LogP contribution is -2.59. The molecule has 4 rings (SSSR count). The molecule has 0 radical (unpaired) electrons. The van der Waals surface area contributed by atoms with E-state index in [9.17, 15) is 9.59 Å². The van der Waals surface area contributed by atoms with Crippen LogP contribution in [0.4, 0.5) is 0 Å². The number of ether oxygens (including phenoxy) is 2. The summed E-state index contributed by atoms with van der Waals surface area (Å²) in [5.41, 5.74) is 0.661. The third-order valence-electron chi connectivity index (χ3n) is 11.5. The monoisotopic (exact) mass is 488 g/mol. The molecule has 4 nitrogen and oxygen atoms in total. The van der Waals surface area contributed by atoms with Crippen molar-refractivity contribution in [3.05, 3.63) is 0 Å². The number of carbonyl (C=O) groups is 2. The molecule has 200 valence electrons. The Morgan fingerprint density at radius 3 is 2.06 bits per heavy atom. The van der Waals surface area contributed by atoms with Gasteiger partial charge in [-0.25, -0.2) is 0 Å². The van der Waals surface area contributed by atoms with E-state index in [4.69, 9.17) is 9.47 Å². The number of fused-ring (bicyclic) bond motifs is 5. The molecule has 4 aliphatic carbocycles. The maximum absolute atomic E-state index is 12.0. The van der Waals surface area contributed by atoms with Crippen molar-refractivity contribution in [3.63, 3.8) is 0 Å². The SMILES string of the molecule is CC(=O)O[C@H]1[C@H](OC(C)=O)CC[C@]2(C)[C@@H]3CC[C@]4(C)[C@H](CC[C@@H]4[C@H](C)CCCC(C)C)[C@@H]3CC[C@@H]12. The fraction of sp³-hybridized carbons (Fsp3) is 0.935. The Hall–Kier alpha value is -1.06. The molecule has 0 amide bonds. The number of esters is 2. The average molecular weight is 489 g/mol. The minimum Gasteiger partial charge on any atom is -0.459 e. The molecule has 0 saturated heterocycles. The van der Waals surface area contributed by atoms with E-state index in [-0.39, 0.29) is 29.6 Å². The summed E-state index contributed by atoms with van der Waals surface area (Å²) in [6.45, 7) is 15.3. The second-order valence-corrected chi connectivity index (χ2v) is 13.9. The topological polar surface area (TPSA) is 52.6 Å². The predicted octanol–water partition coefficient (Wildman–Crippen LogP) is 7.58. The van der Waals surface area contributed by atoms with Crippen LogP contribution in [0.25, 0.3) is 0 Å². The maximum Gasteiger partial charge on any atom is 0.303 e. The van der Waals surface area contributed by atoms with E-state index in [1.807, 2.05) is 0 Å². The predicted molar refractivity (Wildman–Crippen MR) is 140 cm³/mol. The fourth-order valence-electron chi connectivity index (χ4n) is 9.99. The first-order valence-electron chi connectivity index (χ1n) is 14.8. The third kappa shape index (κ3) is 5.06. The first-order chi connectivity index (χ1) is 16.5. The van der Waals surface area contributed by atoms with Gasteiger partial charge in [-0.2, -0.15) is 0 Å². The zero-order chi connectivity index (χ0) is 25.5. The molecule has 35 heavy (non-hydrogen) atoms. The first-order valence-corrected chi connectivity index (χ1v) is 14.8. The summed E-state index contributed by atoms with van der Waals surface area (Å²) in [5.74, 6) is 4.64. The van der Waals surface area contributed by atoms with Crippen LogP contribution in [0.15, 0.2) is 0 Å². The molecule has 0 N–H and O–H groups in total. The van der Waals surface area contributed by atoms with Crippen LogP contribution in [-0.2, 0) is 19.1 Å². The van der Waals surface area contributed by atoms with Gasteiger partial charge in [0.2, 0.25) is 0 Å². The highest BCUT2D eigenvalue weighted by Gasteiger charge is 2.63. The summed E-state index contributed by atoms with van der Waals surface area (Å²) in [7, 11) is 0. The summed E-state index contributed by atoms with van der Waals surface area (Å²) in [6, 6.07) is 0. The summed E-state index contributed by atoms with van der Waals surface area (Å²) in [5, 5.41) is 0. The van der Waals surface area contributed by atoms with Gasteiger partial charge in [0.1, 0.15) is 12.2 Å². The Morgan fingerprint density at radius 1 is 0.771 bits per heavy atom. The van der Waals surface area contributed by atoms with Crippen LogP contribution in [0.2, 0.25) is 0 Å². The van der Waals surface area contributed by atoms with Crippen molar-refractivity contribution in [2.24, 2.45) is 52.3 Å². The van der Waals surface area contributed by atoms with Crippen molar-refractivity contribution >= 4 is 11.9 Å². The molecule has 0 aliphatic heterocycles. The van der Waals surface area contributed by atoms with Crippen molar-refractivity contribution in [1.82, 2.24) is 0 Å².